The Labute approximate surface area is 107 Å². The number of fused-ring (bicyclic) bond motifs is 1. The van der Waals surface area contributed by atoms with Crippen LogP contribution in [0.25, 0.3) is 0 Å². The maximum absolute atomic E-state index is 11.3. The lowest BCUT2D eigenvalue weighted by Crippen LogP contribution is -2.23. The Hall–Kier alpha value is -1.51. The topological polar surface area (TPSA) is 57.5 Å². The largest absolute Gasteiger partial charge is 0.508 e. The zero-order chi connectivity index (χ0) is 13.4. The maximum atomic E-state index is 11.3. The van der Waals surface area contributed by atoms with Gasteiger partial charge in [0.05, 0.1) is 5.92 Å². The van der Waals surface area contributed by atoms with Crippen LogP contribution in [0.1, 0.15) is 55.2 Å². The van der Waals surface area contributed by atoms with Crippen molar-refractivity contribution < 1.29 is 15.0 Å². The van der Waals surface area contributed by atoms with Crippen LogP contribution in [0.2, 0.25) is 0 Å². The predicted octanol–water partition coefficient (Wildman–Crippen LogP) is 3.40. The molecule has 2 atom stereocenters. The van der Waals surface area contributed by atoms with Gasteiger partial charge >= 0.3 is 5.97 Å². The number of aryl methyl sites for hydroxylation is 1. The van der Waals surface area contributed by atoms with Gasteiger partial charge in [0, 0.05) is 0 Å². The Morgan fingerprint density at radius 1 is 1.28 bits per heavy atom. The monoisotopic (exact) mass is 248 g/mol. The smallest absolute Gasteiger partial charge is 0.310 e. The van der Waals surface area contributed by atoms with Crippen LogP contribution in [0.4, 0.5) is 0 Å². The van der Waals surface area contributed by atoms with E-state index in [0.29, 0.717) is 18.3 Å². The highest BCUT2D eigenvalue weighted by molar-refractivity contribution is 5.77. The summed E-state index contributed by atoms with van der Waals surface area (Å²) < 4.78 is 0. The Morgan fingerprint density at radius 2 is 1.94 bits per heavy atom. The fourth-order valence-electron chi connectivity index (χ4n) is 2.96. The molecule has 3 heteroatoms. The fourth-order valence-corrected chi connectivity index (χ4v) is 2.96. The number of hydrogen-bond acceptors (Lipinski definition) is 2. The average Bonchev–Trinajstić information content (AvgIpc) is 2.28. The number of aliphatic carboxylic acids is 1. The lowest BCUT2D eigenvalue weighted by atomic mass is 9.72. The fraction of sp³-hybridized carbons (Fsp3) is 0.533. The summed E-state index contributed by atoms with van der Waals surface area (Å²) in [5.41, 5.74) is 2.74. The molecule has 1 aliphatic carbocycles. The van der Waals surface area contributed by atoms with Crippen molar-refractivity contribution in [3.8, 4) is 5.75 Å². The lowest BCUT2D eigenvalue weighted by Gasteiger charge is -2.32. The van der Waals surface area contributed by atoms with Gasteiger partial charge < -0.3 is 10.2 Å². The van der Waals surface area contributed by atoms with Crippen molar-refractivity contribution in [2.75, 3.05) is 0 Å². The number of phenols is 1. The Balaban J connectivity index is 2.56. The van der Waals surface area contributed by atoms with E-state index >= 15 is 0 Å². The van der Waals surface area contributed by atoms with E-state index < -0.39 is 11.9 Å². The van der Waals surface area contributed by atoms with E-state index in [-0.39, 0.29) is 5.75 Å². The molecule has 18 heavy (non-hydrogen) atoms. The first kappa shape index (κ1) is 12.9. The van der Waals surface area contributed by atoms with Crippen molar-refractivity contribution in [1.82, 2.24) is 0 Å². The van der Waals surface area contributed by atoms with E-state index in [1.54, 1.807) is 6.07 Å². The number of carbonyl (C=O) groups is 1. The van der Waals surface area contributed by atoms with Gasteiger partial charge in [0.1, 0.15) is 5.75 Å². The molecule has 0 aromatic heterocycles. The third-order valence-electron chi connectivity index (χ3n) is 4.05. The highest BCUT2D eigenvalue weighted by Crippen LogP contribution is 2.44. The SMILES string of the molecule is Cc1cc2c(cc1O)[C@@H](C(=O)O)CC[C@@H]2C(C)C. The maximum Gasteiger partial charge on any atom is 0.310 e. The van der Waals surface area contributed by atoms with Gasteiger partial charge in [-0.25, -0.2) is 0 Å². The zero-order valence-corrected chi connectivity index (χ0v) is 11.1. The van der Waals surface area contributed by atoms with Crippen molar-refractivity contribution in [1.29, 1.82) is 0 Å². The molecule has 0 radical (unpaired) electrons. The van der Waals surface area contributed by atoms with E-state index in [9.17, 15) is 15.0 Å². The summed E-state index contributed by atoms with van der Waals surface area (Å²) in [5, 5.41) is 19.1. The molecule has 2 N–H and O–H groups in total. The first-order valence-electron chi connectivity index (χ1n) is 6.48. The average molecular weight is 248 g/mol. The Morgan fingerprint density at radius 3 is 2.50 bits per heavy atom. The van der Waals surface area contributed by atoms with Gasteiger partial charge in [-0.1, -0.05) is 19.9 Å². The predicted molar refractivity (Wildman–Crippen MR) is 70.0 cm³/mol. The van der Waals surface area contributed by atoms with Gasteiger partial charge in [-0.2, -0.15) is 0 Å². The number of aromatic hydroxyl groups is 1. The zero-order valence-electron chi connectivity index (χ0n) is 11.1. The molecule has 0 heterocycles. The van der Waals surface area contributed by atoms with Crippen LogP contribution in [0, 0.1) is 12.8 Å². The normalized spacial score (nSPS) is 22.9. The number of rotatable bonds is 2. The molecule has 0 saturated carbocycles. The molecule has 3 nitrogen and oxygen atoms in total. The van der Waals surface area contributed by atoms with Crippen LogP contribution in [-0.4, -0.2) is 16.2 Å². The minimum atomic E-state index is -0.790. The third-order valence-corrected chi connectivity index (χ3v) is 4.05. The second kappa shape index (κ2) is 4.63. The van der Waals surface area contributed by atoms with E-state index in [1.165, 1.54) is 0 Å². The second-order valence-electron chi connectivity index (χ2n) is 5.59. The van der Waals surface area contributed by atoms with E-state index in [1.807, 2.05) is 13.0 Å². The number of phenolic OH excluding ortho intramolecular Hbond substituents is 1. The summed E-state index contributed by atoms with van der Waals surface area (Å²) in [6, 6.07) is 3.61. The minimum Gasteiger partial charge on any atom is -0.508 e. The Bertz CT molecular complexity index is 477. The molecule has 1 aromatic rings. The molecule has 0 aliphatic heterocycles. The molecule has 2 rings (SSSR count). The summed E-state index contributed by atoms with van der Waals surface area (Å²) in [6.45, 7) is 6.19. The number of carboxylic acids is 1. The molecule has 1 aliphatic rings. The van der Waals surface area contributed by atoms with Crippen LogP contribution in [0.3, 0.4) is 0 Å². The third kappa shape index (κ3) is 2.09. The molecular formula is C15H20O3. The van der Waals surface area contributed by atoms with Gasteiger partial charge in [-0.3, -0.25) is 4.79 Å². The lowest BCUT2D eigenvalue weighted by molar-refractivity contribution is -0.139. The molecule has 0 spiro atoms. The van der Waals surface area contributed by atoms with Crippen molar-refractivity contribution in [2.45, 2.75) is 45.4 Å². The quantitative estimate of drug-likeness (QED) is 0.843. The first-order chi connectivity index (χ1) is 8.41. The van der Waals surface area contributed by atoms with Gasteiger partial charge in [0.15, 0.2) is 0 Å². The minimum absolute atomic E-state index is 0.199. The summed E-state index contributed by atoms with van der Waals surface area (Å²) in [6.07, 6.45) is 1.57. The van der Waals surface area contributed by atoms with Gasteiger partial charge in [0.2, 0.25) is 0 Å². The number of benzene rings is 1. The summed E-state index contributed by atoms with van der Waals surface area (Å²) in [4.78, 5) is 11.3. The number of carboxylic acid groups (broad SMARTS) is 1. The van der Waals surface area contributed by atoms with Crippen LogP contribution in [0.5, 0.6) is 5.75 Å². The molecule has 0 saturated heterocycles. The molecule has 0 unspecified atom stereocenters. The Kier molecular flexibility index (Phi) is 3.33. The van der Waals surface area contributed by atoms with Gasteiger partial charge in [0.25, 0.3) is 0 Å². The number of hydrogen-bond donors (Lipinski definition) is 2. The van der Waals surface area contributed by atoms with Crippen LogP contribution < -0.4 is 0 Å². The molecule has 0 fully saturated rings. The van der Waals surface area contributed by atoms with Crippen LogP contribution in [0.15, 0.2) is 12.1 Å². The standard InChI is InChI=1S/C15H20O3/c1-8(2)10-4-5-11(15(17)18)13-7-14(16)9(3)6-12(10)13/h6-8,10-11,16H,4-5H2,1-3H3,(H,17,18)/t10-,11+/m1/s1. The summed E-state index contributed by atoms with van der Waals surface area (Å²) in [7, 11) is 0. The molecule has 0 bridgehead atoms. The van der Waals surface area contributed by atoms with Crippen molar-refractivity contribution >= 4 is 5.97 Å². The van der Waals surface area contributed by atoms with E-state index in [2.05, 4.69) is 13.8 Å². The van der Waals surface area contributed by atoms with Gasteiger partial charge in [-0.05, 0) is 54.4 Å². The van der Waals surface area contributed by atoms with Crippen LogP contribution >= 0.6 is 0 Å². The first-order valence-corrected chi connectivity index (χ1v) is 6.48. The van der Waals surface area contributed by atoms with Crippen molar-refractivity contribution in [3.05, 3.63) is 28.8 Å². The van der Waals surface area contributed by atoms with E-state index in [4.69, 9.17) is 0 Å². The molecule has 0 amide bonds. The second-order valence-corrected chi connectivity index (χ2v) is 5.59. The highest BCUT2D eigenvalue weighted by atomic mass is 16.4. The van der Waals surface area contributed by atoms with Crippen molar-refractivity contribution in [2.24, 2.45) is 5.92 Å². The van der Waals surface area contributed by atoms with Crippen molar-refractivity contribution in [3.63, 3.8) is 0 Å². The molecular weight excluding hydrogens is 228 g/mol. The summed E-state index contributed by atoms with van der Waals surface area (Å²) in [5.74, 6) is -0.176. The van der Waals surface area contributed by atoms with Gasteiger partial charge in [-0.15, -0.1) is 0 Å². The molecule has 98 valence electrons. The molecule has 1 aromatic carbocycles. The van der Waals surface area contributed by atoms with E-state index in [0.717, 1.165) is 23.1 Å². The highest BCUT2D eigenvalue weighted by Gasteiger charge is 2.33. The summed E-state index contributed by atoms with van der Waals surface area (Å²) >= 11 is 0. The van der Waals surface area contributed by atoms with Crippen LogP contribution in [-0.2, 0) is 4.79 Å².